The molecule has 110 valence electrons. The summed E-state index contributed by atoms with van der Waals surface area (Å²) in [4.78, 5) is 1.52. The summed E-state index contributed by atoms with van der Waals surface area (Å²) in [6.07, 6.45) is 5.70. The SMILES string of the molecule is CCNC(C1CCCC(C)C1)C1CSc2ccccc21. The highest BCUT2D eigenvalue weighted by Gasteiger charge is 2.36. The molecular weight excluding hydrogens is 262 g/mol. The number of likely N-dealkylation sites (N-methyl/N-ethyl adjacent to an activating group) is 1. The predicted octanol–water partition coefficient (Wildman–Crippen LogP) is 4.68. The minimum atomic E-state index is 0.680. The van der Waals surface area contributed by atoms with E-state index in [1.807, 2.05) is 0 Å². The summed E-state index contributed by atoms with van der Waals surface area (Å²) in [7, 11) is 0. The molecule has 0 aromatic heterocycles. The first-order chi connectivity index (χ1) is 9.79. The van der Waals surface area contributed by atoms with E-state index in [0.717, 1.165) is 18.4 Å². The lowest BCUT2D eigenvalue weighted by molar-refractivity contribution is 0.208. The Morgan fingerprint density at radius 2 is 2.15 bits per heavy atom. The minimum Gasteiger partial charge on any atom is -0.313 e. The maximum Gasteiger partial charge on any atom is 0.0172 e. The van der Waals surface area contributed by atoms with E-state index >= 15 is 0 Å². The van der Waals surface area contributed by atoms with Crippen molar-refractivity contribution in [1.82, 2.24) is 5.32 Å². The van der Waals surface area contributed by atoms with Crippen molar-refractivity contribution in [3.05, 3.63) is 29.8 Å². The van der Waals surface area contributed by atoms with Gasteiger partial charge in [0.1, 0.15) is 0 Å². The van der Waals surface area contributed by atoms with Crippen LogP contribution < -0.4 is 5.32 Å². The molecule has 1 fully saturated rings. The number of hydrogen-bond donors (Lipinski definition) is 1. The van der Waals surface area contributed by atoms with Crippen LogP contribution in [0.1, 0.15) is 51.0 Å². The van der Waals surface area contributed by atoms with Crippen molar-refractivity contribution in [1.29, 1.82) is 0 Å². The van der Waals surface area contributed by atoms with Crippen molar-refractivity contribution < 1.29 is 0 Å². The molecule has 1 heterocycles. The van der Waals surface area contributed by atoms with Gasteiger partial charge in [0.25, 0.3) is 0 Å². The fourth-order valence-electron chi connectivity index (χ4n) is 4.17. The van der Waals surface area contributed by atoms with E-state index in [-0.39, 0.29) is 0 Å². The van der Waals surface area contributed by atoms with Gasteiger partial charge in [-0.05, 0) is 42.9 Å². The lowest BCUT2D eigenvalue weighted by atomic mass is 9.74. The number of thioether (sulfide) groups is 1. The van der Waals surface area contributed by atoms with Gasteiger partial charge in [-0.25, -0.2) is 0 Å². The largest absolute Gasteiger partial charge is 0.313 e. The van der Waals surface area contributed by atoms with Crippen LogP contribution in [0.25, 0.3) is 0 Å². The lowest BCUT2D eigenvalue weighted by Gasteiger charge is -2.37. The third kappa shape index (κ3) is 2.92. The van der Waals surface area contributed by atoms with Crippen LogP contribution in [0, 0.1) is 11.8 Å². The van der Waals surface area contributed by atoms with Crippen molar-refractivity contribution in [3.8, 4) is 0 Å². The van der Waals surface area contributed by atoms with Crippen LogP contribution in [-0.2, 0) is 0 Å². The molecule has 1 nitrogen and oxygen atoms in total. The fourth-order valence-corrected chi connectivity index (χ4v) is 5.47. The third-order valence-corrected chi connectivity index (χ3v) is 6.30. The van der Waals surface area contributed by atoms with Crippen LogP contribution >= 0.6 is 11.8 Å². The van der Waals surface area contributed by atoms with Crippen molar-refractivity contribution in [2.45, 2.75) is 56.4 Å². The van der Waals surface area contributed by atoms with Crippen LogP contribution in [0.15, 0.2) is 29.2 Å². The monoisotopic (exact) mass is 289 g/mol. The molecule has 2 aliphatic rings. The molecule has 1 aliphatic carbocycles. The summed E-state index contributed by atoms with van der Waals surface area (Å²) in [5, 5.41) is 3.84. The van der Waals surface area contributed by atoms with Gasteiger partial charge in [-0.2, -0.15) is 0 Å². The standard InChI is InChI=1S/C18H27NS/c1-3-19-18(14-8-6-7-13(2)11-14)16-12-20-17-10-5-4-9-15(16)17/h4-5,9-10,13-14,16,18-19H,3,6-8,11-12H2,1-2H3. The van der Waals surface area contributed by atoms with Crippen LogP contribution in [0.3, 0.4) is 0 Å². The van der Waals surface area contributed by atoms with Crippen LogP contribution in [0.5, 0.6) is 0 Å². The highest BCUT2D eigenvalue weighted by atomic mass is 32.2. The molecule has 1 saturated carbocycles. The van der Waals surface area contributed by atoms with Crippen LogP contribution in [-0.4, -0.2) is 18.3 Å². The molecule has 0 spiro atoms. The second-order valence-corrected chi connectivity index (χ2v) is 7.63. The first-order valence-corrected chi connectivity index (χ1v) is 9.23. The predicted molar refractivity (Wildman–Crippen MR) is 88.5 cm³/mol. The van der Waals surface area contributed by atoms with E-state index in [1.54, 1.807) is 5.56 Å². The average molecular weight is 289 g/mol. The number of benzene rings is 1. The molecule has 0 saturated heterocycles. The Hall–Kier alpha value is -0.470. The van der Waals surface area contributed by atoms with Gasteiger partial charge in [0.15, 0.2) is 0 Å². The molecule has 0 bridgehead atoms. The Bertz CT molecular complexity index is 445. The maximum absolute atomic E-state index is 3.84. The van der Waals surface area contributed by atoms with Gasteiger partial charge >= 0.3 is 0 Å². The first-order valence-electron chi connectivity index (χ1n) is 8.24. The fraction of sp³-hybridized carbons (Fsp3) is 0.667. The zero-order chi connectivity index (χ0) is 13.9. The van der Waals surface area contributed by atoms with Crippen molar-refractivity contribution in [2.75, 3.05) is 12.3 Å². The Morgan fingerprint density at radius 1 is 1.30 bits per heavy atom. The van der Waals surface area contributed by atoms with Gasteiger partial charge < -0.3 is 5.32 Å². The first kappa shape index (κ1) is 14.5. The number of fused-ring (bicyclic) bond motifs is 1. The van der Waals surface area contributed by atoms with Gasteiger partial charge in [0.2, 0.25) is 0 Å². The van der Waals surface area contributed by atoms with E-state index in [2.05, 4.69) is 55.2 Å². The average Bonchev–Trinajstić information content (AvgIpc) is 2.88. The van der Waals surface area contributed by atoms with Crippen molar-refractivity contribution >= 4 is 11.8 Å². The van der Waals surface area contributed by atoms with Gasteiger partial charge in [-0.1, -0.05) is 44.9 Å². The highest BCUT2D eigenvalue weighted by molar-refractivity contribution is 7.99. The zero-order valence-corrected chi connectivity index (χ0v) is 13.6. The number of hydrogen-bond acceptors (Lipinski definition) is 2. The topological polar surface area (TPSA) is 12.0 Å². The Labute approximate surface area is 127 Å². The smallest absolute Gasteiger partial charge is 0.0172 e. The second-order valence-electron chi connectivity index (χ2n) is 6.57. The third-order valence-electron chi connectivity index (χ3n) is 5.10. The molecule has 4 unspecified atom stereocenters. The Balaban J connectivity index is 1.80. The van der Waals surface area contributed by atoms with Crippen LogP contribution in [0.4, 0.5) is 0 Å². The van der Waals surface area contributed by atoms with E-state index in [9.17, 15) is 0 Å². The normalized spacial score (nSPS) is 31.0. The molecule has 0 radical (unpaired) electrons. The van der Waals surface area contributed by atoms with Crippen molar-refractivity contribution in [3.63, 3.8) is 0 Å². The van der Waals surface area contributed by atoms with Gasteiger partial charge in [-0.15, -0.1) is 11.8 Å². The van der Waals surface area contributed by atoms with Gasteiger partial charge in [0.05, 0.1) is 0 Å². The lowest BCUT2D eigenvalue weighted by Crippen LogP contribution is -2.43. The minimum absolute atomic E-state index is 0.680. The zero-order valence-electron chi connectivity index (χ0n) is 12.8. The van der Waals surface area contributed by atoms with Crippen molar-refractivity contribution in [2.24, 2.45) is 11.8 Å². The molecule has 2 heteroatoms. The molecule has 1 aromatic rings. The molecule has 4 atom stereocenters. The molecule has 0 amide bonds. The number of rotatable bonds is 4. The van der Waals surface area contributed by atoms with E-state index < -0.39 is 0 Å². The van der Waals surface area contributed by atoms with Gasteiger partial charge in [0, 0.05) is 22.6 Å². The molecule has 1 N–H and O–H groups in total. The van der Waals surface area contributed by atoms with Gasteiger partial charge in [-0.3, -0.25) is 0 Å². The summed E-state index contributed by atoms with van der Waals surface area (Å²) >= 11 is 2.05. The maximum atomic E-state index is 3.84. The quantitative estimate of drug-likeness (QED) is 0.863. The molecule has 1 aliphatic heterocycles. The summed E-state index contributed by atoms with van der Waals surface area (Å²) < 4.78 is 0. The second kappa shape index (κ2) is 6.53. The number of nitrogens with one attached hydrogen (secondary N) is 1. The Kier molecular flexibility index (Phi) is 4.72. The van der Waals surface area contributed by atoms with E-state index in [1.165, 1.54) is 36.3 Å². The van der Waals surface area contributed by atoms with Crippen LogP contribution in [0.2, 0.25) is 0 Å². The summed E-state index contributed by atoms with van der Waals surface area (Å²) in [5.74, 6) is 3.77. The van der Waals surface area contributed by atoms with E-state index in [4.69, 9.17) is 0 Å². The molecule has 1 aromatic carbocycles. The summed E-state index contributed by atoms with van der Waals surface area (Å²) in [5.41, 5.74) is 1.60. The molecular formula is C18H27NS. The highest BCUT2D eigenvalue weighted by Crippen LogP contribution is 2.45. The molecule has 20 heavy (non-hydrogen) atoms. The molecule has 3 rings (SSSR count). The summed E-state index contributed by atoms with van der Waals surface area (Å²) in [6, 6.07) is 9.73. The summed E-state index contributed by atoms with van der Waals surface area (Å²) in [6.45, 7) is 5.79. The van der Waals surface area contributed by atoms with E-state index in [0.29, 0.717) is 12.0 Å². The Morgan fingerprint density at radius 3 is 2.95 bits per heavy atom.